The van der Waals surface area contributed by atoms with Crippen LogP contribution in [0.3, 0.4) is 0 Å². The summed E-state index contributed by atoms with van der Waals surface area (Å²) < 4.78 is 13.2. The van der Waals surface area contributed by atoms with Crippen molar-refractivity contribution < 1.29 is 19.1 Å². The number of pyridine rings is 1. The largest absolute Gasteiger partial charge is 0.505 e. The van der Waals surface area contributed by atoms with Gasteiger partial charge in [0.15, 0.2) is 5.69 Å². The number of aryl methyl sites for hydroxylation is 1. The number of anilines is 1. The van der Waals surface area contributed by atoms with Crippen molar-refractivity contribution in [1.29, 1.82) is 0 Å². The maximum absolute atomic E-state index is 13.2. The van der Waals surface area contributed by atoms with Crippen LogP contribution in [0.15, 0.2) is 36.5 Å². The van der Waals surface area contributed by atoms with Gasteiger partial charge in [-0.1, -0.05) is 0 Å². The number of hydrogen-bond donors (Lipinski definition) is 2. The number of halogens is 1. The molecule has 3 rings (SSSR count). The molecule has 7 heteroatoms. The van der Waals surface area contributed by atoms with Crippen molar-refractivity contribution in [3.8, 4) is 5.75 Å². The quantitative estimate of drug-likeness (QED) is 0.825. The average Bonchev–Trinajstić information content (AvgIpc) is 2.69. The number of amides is 2. The van der Waals surface area contributed by atoms with E-state index in [9.17, 15) is 19.1 Å². The Balaban J connectivity index is 1.53. The first-order chi connectivity index (χ1) is 13.4. The topological polar surface area (TPSA) is 82.5 Å². The zero-order chi connectivity index (χ0) is 20.1. The molecule has 1 saturated heterocycles. The second-order valence-corrected chi connectivity index (χ2v) is 7.18. The molecule has 1 atom stereocenters. The van der Waals surface area contributed by atoms with Crippen molar-refractivity contribution >= 4 is 17.5 Å². The molecular formula is C21H24FN3O3. The van der Waals surface area contributed by atoms with Crippen LogP contribution in [0.5, 0.6) is 5.75 Å². The van der Waals surface area contributed by atoms with Gasteiger partial charge in [-0.3, -0.25) is 9.59 Å². The Morgan fingerprint density at radius 3 is 2.93 bits per heavy atom. The van der Waals surface area contributed by atoms with E-state index in [0.29, 0.717) is 37.2 Å². The lowest BCUT2D eigenvalue weighted by atomic mass is 9.93. The van der Waals surface area contributed by atoms with Crippen LogP contribution in [0.4, 0.5) is 10.1 Å². The number of nitrogens with one attached hydrogen (secondary N) is 1. The number of piperidine rings is 1. The number of benzene rings is 1. The monoisotopic (exact) mass is 385 g/mol. The predicted molar refractivity (Wildman–Crippen MR) is 104 cm³/mol. The van der Waals surface area contributed by atoms with Gasteiger partial charge < -0.3 is 15.3 Å². The number of aromatic hydroxyl groups is 1. The molecule has 2 heterocycles. The SMILES string of the molecule is Cc1cc(F)ccc1NC(=O)CC[C@@H]1CCCN(C(=O)c2ncccc2O)C1. The molecule has 1 aliphatic heterocycles. The smallest absolute Gasteiger partial charge is 0.276 e. The van der Waals surface area contributed by atoms with E-state index in [4.69, 9.17) is 0 Å². The van der Waals surface area contributed by atoms with Gasteiger partial charge in [0.2, 0.25) is 5.91 Å². The third kappa shape index (κ3) is 4.85. The summed E-state index contributed by atoms with van der Waals surface area (Å²) >= 11 is 0. The van der Waals surface area contributed by atoms with Crippen LogP contribution in [0.1, 0.15) is 41.7 Å². The molecule has 0 saturated carbocycles. The Kier molecular flexibility index (Phi) is 6.23. The number of hydrogen-bond acceptors (Lipinski definition) is 4. The maximum atomic E-state index is 13.2. The summed E-state index contributed by atoms with van der Waals surface area (Å²) in [7, 11) is 0. The van der Waals surface area contributed by atoms with Gasteiger partial charge in [-0.15, -0.1) is 0 Å². The molecule has 0 radical (unpaired) electrons. The fraction of sp³-hybridized carbons (Fsp3) is 0.381. The van der Waals surface area contributed by atoms with E-state index < -0.39 is 0 Å². The minimum absolute atomic E-state index is 0.0627. The van der Waals surface area contributed by atoms with Crippen molar-refractivity contribution in [2.24, 2.45) is 5.92 Å². The summed E-state index contributed by atoms with van der Waals surface area (Å²) in [4.78, 5) is 30.5. The lowest BCUT2D eigenvalue weighted by Gasteiger charge is -2.32. The third-order valence-electron chi connectivity index (χ3n) is 5.04. The normalized spacial score (nSPS) is 16.6. The zero-order valence-electron chi connectivity index (χ0n) is 15.8. The lowest BCUT2D eigenvalue weighted by molar-refractivity contribution is -0.116. The Hall–Kier alpha value is -2.96. The van der Waals surface area contributed by atoms with Crippen LogP contribution in [-0.2, 0) is 4.79 Å². The highest BCUT2D eigenvalue weighted by molar-refractivity contribution is 5.95. The molecule has 0 aliphatic carbocycles. The zero-order valence-corrected chi connectivity index (χ0v) is 15.8. The molecule has 28 heavy (non-hydrogen) atoms. The Labute approximate surface area is 163 Å². The van der Waals surface area contributed by atoms with Gasteiger partial charge in [-0.25, -0.2) is 9.37 Å². The highest BCUT2D eigenvalue weighted by Gasteiger charge is 2.27. The van der Waals surface area contributed by atoms with E-state index in [2.05, 4.69) is 10.3 Å². The van der Waals surface area contributed by atoms with Crippen LogP contribution in [0, 0.1) is 18.7 Å². The van der Waals surface area contributed by atoms with Crippen LogP contribution < -0.4 is 5.32 Å². The van der Waals surface area contributed by atoms with Gasteiger partial charge >= 0.3 is 0 Å². The number of likely N-dealkylation sites (tertiary alicyclic amines) is 1. The van der Waals surface area contributed by atoms with E-state index in [1.807, 2.05) is 0 Å². The molecule has 148 valence electrons. The Morgan fingerprint density at radius 1 is 1.36 bits per heavy atom. The second-order valence-electron chi connectivity index (χ2n) is 7.18. The summed E-state index contributed by atoms with van der Waals surface area (Å²) in [5.41, 5.74) is 1.35. The maximum Gasteiger partial charge on any atom is 0.276 e. The number of carbonyl (C=O) groups is 2. The number of carbonyl (C=O) groups excluding carboxylic acids is 2. The van der Waals surface area contributed by atoms with Crippen molar-refractivity contribution in [3.63, 3.8) is 0 Å². The van der Waals surface area contributed by atoms with Gasteiger partial charge in [-0.2, -0.15) is 0 Å². The first kappa shape index (κ1) is 19.8. The van der Waals surface area contributed by atoms with Gasteiger partial charge in [0.25, 0.3) is 5.91 Å². The summed E-state index contributed by atoms with van der Waals surface area (Å²) in [5, 5.41) is 12.7. The summed E-state index contributed by atoms with van der Waals surface area (Å²) in [6, 6.07) is 7.28. The highest BCUT2D eigenvalue weighted by Crippen LogP contribution is 2.24. The first-order valence-electron chi connectivity index (χ1n) is 9.43. The van der Waals surface area contributed by atoms with Gasteiger partial charge in [0.1, 0.15) is 11.6 Å². The molecule has 6 nitrogen and oxygen atoms in total. The van der Waals surface area contributed by atoms with Crippen LogP contribution in [0.2, 0.25) is 0 Å². The summed E-state index contributed by atoms with van der Waals surface area (Å²) in [6.45, 7) is 2.90. The molecule has 1 aromatic carbocycles. The van der Waals surface area contributed by atoms with E-state index in [1.54, 1.807) is 24.0 Å². The van der Waals surface area contributed by atoms with E-state index in [0.717, 1.165) is 12.8 Å². The molecule has 0 spiro atoms. The van der Waals surface area contributed by atoms with Gasteiger partial charge in [0.05, 0.1) is 0 Å². The minimum Gasteiger partial charge on any atom is -0.505 e. The standard InChI is InChI=1S/C21H24FN3O3/c1-14-12-16(22)7-8-17(14)24-19(27)9-6-15-4-3-11-25(13-15)21(28)20-18(26)5-2-10-23-20/h2,5,7-8,10,12,15,26H,3-4,6,9,11,13H2,1H3,(H,24,27)/t15-/m0/s1. The predicted octanol–water partition coefficient (Wildman–Crippen LogP) is 3.51. The Bertz CT molecular complexity index is 872. The third-order valence-corrected chi connectivity index (χ3v) is 5.04. The molecule has 2 amide bonds. The van der Waals surface area contributed by atoms with Crippen LogP contribution in [0.25, 0.3) is 0 Å². The van der Waals surface area contributed by atoms with E-state index >= 15 is 0 Å². The summed E-state index contributed by atoms with van der Waals surface area (Å²) in [5.74, 6) is -0.650. The van der Waals surface area contributed by atoms with E-state index in [-0.39, 0.29) is 35.0 Å². The van der Waals surface area contributed by atoms with Crippen LogP contribution >= 0.6 is 0 Å². The molecule has 1 aliphatic rings. The van der Waals surface area contributed by atoms with Crippen molar-refractivity contribution in [2.45, 2.75) is 32.6 Å². The molecule has 1 fully saturated rings. The minimum atomic E-state index is -0.332. The van der Waals surface area contributed by atoms with Crippen molar-refractivity contribution in [1.82, 2.24) is 9.88 Å². The number of nitrogens with zero attached hydrogens (tertiary/aromatic N) is 2. The van der Waals surface area contributed by atoms with Crippen molar-refractivity contribution in [3.05, 3.63) is 53.6 Å². The highest BCUT2D eigenvalue weighted by atomic mass is 19.1. The average molecular weight is 385 g/mol. The molecule has 2 N–H and O–H groups in total. The fourth-order valence-electron chi connectivity index (χ4n) is 3.51. The first-order valence-corrected chi connectivity index (χ1v) is 9.43. The molecule has 2 aromatic rings. The fourth-order valence-corrected chi connectivity index (χ4v) is 3.51. The Morgan fingerprint density at radius 2 is 2.18 bits per heavy atom. The van der Waals surface area contributed by atoms with Crippen molar-refractivity contribution in [2.75, 3.05) is 18.4 Å². The number of rotatable bonds is 5. The molecule has 0 unspecified atom stereocenters. The molecule has 1 aromatic heterocycles. The lowest BCUT2D eigenvalue weighted by Crippen LogP contribution is -2.40. The van der Waals surface area contributed by atoms with Gasteiger partial charge in [0, 0.05) is 31.4 Å². The van der Waals surface area contributed by atoms with Crippen LogP contribution in [-0.4, -0.2) is 39.9 Å². The van der Waals surface area contributed by atoms with E-state index in [1.165, 1.54) is 24.4 Å². The molecule has 0 bridgehead atoms. The molecular weight excluding hydrogens is 361 g/mol. The second kappa shape index (κ2) is 8.82. The summed E-state index contributed by atoms with van der Waals surface area (Å²) in [6.07, 6.45) is 4.27. The number of aromatic nitrogens is 1. The van der Waals surface area contributed by atoms with Gasteiger partial charge in [-0.05, 0) is 68.0 Å².